The average molecular weight is 274 g/mol. The van der Waals surface area contributed by atoms with Gasteiger partial charge < -0.3 is 40.0 Å². The number of hydrogen-bond acceptors (Lipinski definition) is 2. The van der Waals surface area contributed by atoms with Crippen LogP contribution in [0.3, 0.4) is 0 Å². The Labute approximate surface area is 113 Å². The Morgan fingerprint density at radius 1 is 0.941 bits per heavy atom. The normalized spacial score (nSPS) is 12.9. The van der Waals surface area contributed by atoms with Crippen LogP contribution in [0.2, 0.25) is 0 Å². The summed E-state index contributed by atoms with van der Waals surface area (Å²) in [6.45, 7) is 3.52. The standard InChI is InChI=1S/2C7H9O.Fe/c2*1-6(8)7-4-2-3-5-7;/h2*2-6,8H,1H3;/q-5;-1;. The Balaban J connectivity index is 0.000000284. The molecule has 0 saturated heterocycles. The van der Waals surface area contributed by atoms with Gasteiger partial charge in [-0.3, -0.25) is 0 Å². The number of rotatable bonds is 2. The third kappa shape index (κ3) is 5.85. The first-order valence-electron chi connectivity index (χ1n) is 5.40. The Bertz CT molecular complexity index is 323. The summed E-state index contributed by atoms with van der Waals surface area (Å²) < 4.78 is 0. The largest absolute Gasteiger partial charge is 0.747 e. The van der Waals surface area contributed by atoms with Crippen LogP contribution in [0, 0.1) is 0 Å². The SMILES string of the molecule is CC(O)[c-]1[cH-][cH-][cH-][cH-]1.CC(O)[c-]1cccc1.[Fe]. The van der Waals surface area contributed by atoms with Gasteiger partial charge in [-0.15, -0.1) is 11.7 Å². The van der Waals surface area contributed by atoms with E-state index in [0.29, 0.717) is 0 Å². The molecule has 0 heterocycles. The molecule has 100 valence electrons. The molecule has 0 aliphatic carbocycles. The van der Waals surface area contributed by atoms with E-state index in [-0.39, 0.29) is 29.3 Å². The molecular weight excluding hydrogens is 256 g/mol. The molecule has 0 aliphatic rings. The van der Waals surface area contributed by atoms with Gasteiger partial charge in [-0.2, -0.15) is 12.1 Å². The fourth-order valence-corrected chi connectivity index (χ4v) is 1.33. The third-order valence-corrected chi connectivity index (χ3v) is 2.34. The average Bonchev–Trinajstić information content (AvgIpc) is 2.93. The van der Waals surface area contributed by atoms with Gasteiger partial charge in [-0.1, -0.05) is 6.92 Å². The Morgan fingerprint density at radius 3 is 1.65 bits per heavy atom. The summed E-state index contributed by atoms with van der Waals surface area (Å²) in [6, 6.07) is 15.3. The fourth-order valence-electron chi connectivity index (χ4n) is 1.33. The van der Waals surface area contributed by atoms with E-state index < -0.39 is 0 Å². The molecule has 0 aromatic heterocycles. The number of hydrogen-bond donors (Lipinski definition) is 2. The summed E-state index contributed by atoms with van der Waals surface area (Å²) in [5.74, 6) is 0. The molecule has 0 fully saturated rings. The van der Waals surface area contributed by atoms with Crippen molar-refractivity contribution in [3.8, 4) is 0 Å². The van der Waals surface area contributed by atoms with Crippen LogP contribution in [0.25, 0.3) is 0 Å². The second-order valence-corrected chi connectivity index (χ2v) is 3.79. The van der Waals surface area contributed by atoms with Crippen LogP contribution in [0.5, 0.6) is 0 Å². The first-order valence-corrected chi connectivity index (χ1v) is 5.40. The topological polar surface area (TPSA) is 40.5 Å². The van der Waals surface area contributed by atoms with Gasteiger partial charge >= 0.3 is 0 Å². The molecule has 2 N–H and O–H groups in total. The molecule has 0 bridgehead atoms. The van der Waals surface area contributed by atoms with Gasteiger partial charge in [0.25, 0.3) is 0 Å². The zero-order chi connectivity index (χ0) is 12.0. The van der Waals surface area contributed by atoms with Crippen molar-refractivity contribution in [1.29, 1.82) is 0 Å². The summed E-state index contributed by atoms with van der Waals surface area (Å²) in [4.78, 5) is 0. The van der Waals surface area contributed by atoms with E-state index in [1.165, 1.54) is 0 Å². The second-order valence-electron chi connectivity index (χ2n) is 3.79. The van der Waals surface area contributed by atoms with Crippen molar-refractivity contribution in [2.75, 3.05) is 0 Å². The van der Waals surface area contributed by atoms with E-state index in [1.54, 1.807) is 13.8 Å². The van der Waals surface area contributed by atoms with Crippen LogP contribution in [-0.4, -0.2) is 10.2 Å². The van der Waals surface area contributed by atoms with Gasteiger partial charge in [-0.25, -0.2) is 12.1 Å². The molecule has 2 aromatic carbocycles. The molecule has 2 atom stereocenters. The quantitative estimate of drug-likeness (QED) is 0.653. The number of aliphatic hydroxyl groups is 2. The fraction of sp³-hybridized carbons (Fsp3) is 0.286. The molecule has 0 aliphatic heterocycles. The first kappa shape index (κ1) is 16.1. The van der Waals surface area contributed by atoms with Crippen LogP contribution in [0.1, 0.15) is 37.2 Å². The van der Waals surface area contributed by atoms with Gasteiger partial charge in [0.05, 0.1) is 0 Å². The molecule has 2 aromatic rings. The summed E-state index contributed by atoms with van der Waals surface area (Å²) >= 11 is 0. The van der Waals surface area contributed by atoms with Gasteiger partial charge in [-0.05, 0) is 6.92 Å². The van der Waals surface area contributed by atoms with E-state index >= 15 is 0 Å². The van der Waals surface area contributed by atoms with Crippen molar-refractivity contribution >= 4 is 0 Å². The van der Waals surface area contributed by atoms with Crippen molar-refractivity contribution in [3.05, 3.63) is 59.7 Å². The van der Waals surface area contributed by atoms with E-state index in [0.717, 1.165) is 11.1 Å². The van der Waals surface area contributed by atoms with Crippen LogP contribution >= 0.6 is 0 Å². The molecule has 3 heteroatoms. The van der Waals surface area contributed by atoms with E-state index in [1.807, 2.05) is 48.5 Å². The van der Waals surface area contributed by atoms with Gasteiger partial charge in [0.2, 0.25) is 0 Å². The Morgan fingerprint density at radius 2 is 1.41 bits per heavy atom. The van der Waals surface area contributed by atoms with Crippen molar-refractivity contribution in [1.82, 2.24) is 0 Å². The Hall–Kier alpha value is -0.861. The maximum Gasteiger partial charge on any atom is 0.0322 e. The predicted molar refractivity (Wildman–Crippen MR) is 65.3 cm³/mol. The molecule has 2 nitrogen and oxygen atoms in total. The minimum Gasteiger partial charge on any atom is -0.747 e. The summed E-state index contributed by atoms with van der Waals surface area (Å²) in [7, 11) is 0. The van der Waals surface area contributed by atoms with E-state index in [9.17, 15) is 0 Å². The Kier molecular flexibility index (Phi) is 7.84. The maximum absolute atomic E-state index is 8.91. The molecule has 0 amide bonds. The minimum atomic E-state index is -0.315. The molecule has 2 unspecified atom stereocenters. The van der Waals surface area contributed by atoms with Crippen LogP contribution < -0.4 is 0 Å². The summed E-state index contributed by atoms with van der Waals surface area (Å²) in [5.41, 5.74) is 1.98. The summed E-state index contributed by atoms with van der Waals surface area (Å²) in [6.07, 6.45) is -0.630. The monoisotopic (exact) mass is 274 g/mol. The molecule has 0 saturated carbocycles. The smallest absolute Gasteiger partial charge is 0.0322 e. The molecule has 0 spiro atoms. The maximum atomic E-state index is 8.91. The zero-order valence-corrected chi connectivity index (χ0v) is 11.1. The molecule has 17 heavy (non-hydrogen) atoms. The zero-order valence-electron chi connectivity index (χ0n) is 10.0. The van der Waals surface area contributed by atoms with Crippen LogP contribution in [0.15, 0.2) is 48.5 Å². The van der Waals surface area contributed by atoms with Gasteiger partial charge in [0.15, 0.2) is 0 Å². The van der Waals surface area contributed by atoms with Crippen LogP contribution in [-0.2, 0) is 17.1 Å². The van der Waals surface area contributed by atoms with E-state index in [4.69, 9.17) is 10.2 Å². The van der Waals surface area contributed by atoms with Gasteiger partial charge in [0.1, 0.15) is 0 Å². The van der Waals surface area contributed by atoms with Crippen LogP contribution in [0.4, 0.5) is 0 Å². The second kappa shape index (κ2) is 8.26. The van der Waals surface area contributed by atoms with Gasteiger partial charge in [0, 0.05) is 23.2 Å². The van der Waals surface area contributed by atoms with Crippen molar-refractivity contribution in [2.45, 2.75) is 26.1 Å². The summed E-state index contributed by atoms with van der Waals surface area (Å²) in [5, 5.41) is 17.8. The first-order chi connectivity index (χ1) is 7.61. The molecule has 2 rings (SSSR count). The number of aliphatic hydroxyl groups excluding tert-OH is 2. The van der Waals surface area contributed by atoms with Crippen molar-refractivity contribution in [2.24, 2.45) is 0 Å². The molecule has 0 radical (unpaired) electrons. The third-order valence-electron chi connectivity index (χ3n) is 2.34. The van der Waals surface area contributed by atoms with Crippen molar-refractivity contribution < 1.29 is 27.3 Å². The van der Waals surface area contributed by atoms with E-state index in [2.05, 4.69) is 0 Å². The minimum absolute atomic E-state index is 0. The van der Waals surface area contributed by atoms with Crippen molar-refractivity contribution in [3.63, 3.8) is 0 Å². The predicted octanol–water partition coefficient (Wildman–Crippen LogP) is 2.92. The molecular formula is C14H18FeO2-6.